The SMILES string of the molecule is CCCCCCCC/C=C\C[C@@H](CCO)NC(=O)OC(C)(C)C. The van der Waals surface area contributed by atoms with Crippen LogP contribution in [-0.2, 0) is 4.74 Å². The maximum Gasteiger partial charge on any atom is 0.407 e. The van der Waals surface area contributed by atoms with Crippen molar-refractivity contribution in [1.29, 1.82) is 0 Å². The summed E-state index contributed by atoms with van der Waals surface area (Å²) in [6.45, 7) is 7.82. The summed E-state index contributed by atoms with van der Waals surface area (Å²) in [6.07, 6.45) is 14.1. The minimum absolute atomic E-state index is 0.0612. The Morgan fingerprint density at radius 1 is 1.13 bits per heavy atom. The van der Waals surface area contributed by atoms with Crippen LogP contribution in [0.1, 0.15) is 85.5 Å². The van der Waals surface area contributed by atoms with Crippen LogP contribution < -0.4 is 5.32 Å². The van der Waals surface area contributed by atoms with Gasteiger partial charge in [-0.05, 0) is 46.5 Å². The zero-order valence-electron chi connectivity index (χ0n) is 15.6. The van der Waals surface area contributed by atoms with E-state index in [1.807, 2.05) is 20.8 Å². The molecule has 0 aliphatic rings. The van der Waals surface area contributed by atoms with Gasteiger partial charge in [-0.2, -0.15) is 0 Å². The standard InChI is InChI=1S/C19H37NO3/c1-5-6-7-8-9-10-11-12-13-14-17(15-16-21)20-18(22)23-19(2,3)4/h12-13,17,21H,5-11,14-16H2,1-4H3,(H,20,22)/b13-12-/t17-/m0/s1. The molecule has 0 unspecified atom stereocenters. The molecule has 2 N–H and O–H groups in total. The smallest absolute Gasteiger partial charge is 0.407 e. The van der Waals surface area contributed by atoms with Crippen molar-refractivity contribution in [3.63, 3.8) is 0 Å². The number of carbonyl (C=O) groups is 1. The molecule has 0 aromatic rings. The van der Waals surface area contributed by atoms with E-state index in [0.717, 1.165) is 12.8 Å². The second-order valence-electron chi connectivity index (χ2n) is 7.12. The summed E-state index contributed by atoms with van der Waals surface area (Å²) in [5, 5.41) is 11.9. The molecule has 0 aromatic carbocycles. The number of hydrogen-bond acceptors (Lipinski definition) is 3. The number of hydrogen-bond donors (Lipinski definition) is 2. The Balaban J connectivity index is 3.90. The van der Waals surface area contributed by atoms with Crippen LogP contribution in [-0.4, -0.2) is 29.4 Å². The highest BCUT2D eigenvalue weighted by atomic mass is 16.6. The molecular weight excluding hydrogens is 290 g/mol. The minimum atomic E-state index is -0.499. The monoisotopic (exact) mass is 327 g/mol. The molecular formula is C19H37NO3. The fourth-order valence-corrected chi connectivity index (χ4v) is 2.30. The third kappa shape index (κ3) is 15.6. The van der Waals surface area contributed by atoms with E-state index in [4.69, 9.17) is 9.84 Å². The number of unbranched alkanes of at least 4 members (excludes halogenated alkanes) is 6. The molecule has 0 bridgehead atoms. The van der Waals surface area contributed by atoms with Crippen LogP contribution in [0.25, 0.3) is 0 Å². The Bertz CT molecular complexity index is 321. The average molecular weight is 328 g/mol. The number of aliphatic hydroxyl groups excluding tert-OH is 1. The molecule has 0 spiro atoms. The van der Waals surface area contributed by atoms with Crippen molar-refractivity contribution in [3.8, 4) is 0 Å². The molecule has 0 rings (SSSR count). The number of ether oxygens (including phenoxy) is 1. The van der Waals surface area contributed by atoms with E-state index < -0.39 is 11.7 Å². The average Bonchev–Trinajstić information content (AvgIpc) is 2.43. The first kappa shape index (κ1) is 22.0. The van der Waals surface area contributed by atoms with Gasteiger partial charge in [0.05, 0.1) is 0 Å². The van der Waals surface area contributed by atoms with E-state index in [0.29, 0.717) is 6.42 Å². The van der Waals surface area contributed by atoms with Crippen molar-refractivity contribution in [1.82, 2.24) is 5.32 Å². The lowest BCUT2D eigenvalue weighted by molar-refractivity contribution is 0.0498. The van der Waals surface area contributed by atoms with Gasteiger partial charge in [0.2, 0.25) is 0 Å². The Hall–Kier alpha value is -1.03. The predicted octanol–water partition coefficient (Wildman–Crippen LogP) is 4.96. The van der Waals surface area contributed by atoms with E-state index in [9.17, 15) is 4.79 Å². The summed E-state index contributed by atoms with van der Waals surface area (Å²) in [5.41, 5.74) is -0.499. The maximum atomic E-state index is 11.8. The summed E-state index contributed by atoms with van der Waals surface area (Å²) in [4.78, 5) is 11.8. The molecule has 1 amide bonds. The normalized spacial score (nSPS) is 13.3. The zero-order chi connectivity index (χ0) is 17.6. The second kappa shape index (κ2) is 13.4. The third-order valence-electron chi connectivity index (χ3n) is 3.51. The van der Waals surface area contributed by atoms with Crippen LogP contribution in [0.4, 0.5) is 4.79 Å². The molecule has 0 aromatic heterocycles. The van der Waals surface area contributed by atoms with Crippen molar-refractivity contribution in [3.05, 3.63) is 12.2 Å². The van der Waals surface area contributed by atoms with Crippen molar-refractivity contribution < 1.29 is 14.6 Å². The second-order valence-corrected chi connectivity index (χ2v) is 7.12. The van der Waals surface area contributed by atoms with Crippen LogP contribution in [0.15, 0.2) is 12.2 Å². The molecule has 1 atom stereocenters. The molecule has 0 heterocycles. The quantitative estimate of drug-likeness (QED) is 0.393. The minimum Gasteiger partial charge on any atom is -0.444 e. The molecule has 4 nitrogen and oxygen atoms in total. The highest BCUT2D eigenvalue weighted by Crippen LogP contribution is 2.10. The molecule has 23 heavy (non-hydrogen) atoms. The maximum absolute atomic E-state index is 11.8. The number of aliphatic hydroxyl groups is 1. The number of carbonyl (C=O) groups excluding carboxylic acids is 1. The summed E-state index contributed by atoms with van der Waals surface area (Å²) >= 11 is 0. The number of nitrogens with one attached hydrogen (secondary N) is 1. The summed E-state index contributed by atoms with van der Waals surface area (Å²) < 4.78 is 5.25. The van der Waals surface area contributed by atoms with E-state index >= 15 is 0 Å². The highest BCUT2D eigenvalue weighted by Gasteiger charge is 2.18. The van der Waals surface area contributed by atoms with Gasteiger partial charge in [0.15, 0.2) is 0 Å². The van der Waals surface area contributed by atoms with Gasteiger partial charge in [-0.1, -0.05) is 51.2 Å². The van der Waals surface area contributed by atoms with Crippen molar-refractivity contribution in [2.24, 2.45) is 0 Å². The molecule has 0 aliphatic heterocycles. The van der Waals surface area contributed by atoms with Gasteiger partial charge in [0, 0.05) is 12.6 Å². The Morgan fingerprint density at radius 2 is 1.78 bits per heavy atom. The van der Waals surface area contributed by atoms with Gasteiger partial charge in [-0.25, -0.2) is 4.79 Å². The lowest BCUT2D eigenvalue weighted by atomic mass is 10.1. The first-order chi connectivity index (χ1) is 10.9. The highest BCUT2D eigenvalue weighted by molar-refractivity contribution is 5.68. The van der Waals surface area contributed by atoms with Gasteiger partial charge in [0.25, 0.3) is 0 Å². The molecule has 0 fully saturated rings. The first-order valence-electron chi connectivity index (χ1n) is 9.14. The van der Waals surface area contributed by atoms with Crippen LogP contribution in [0, 0.1) is 0 Å². The number of alkyl carbamates (subject to hydrolysis) is 1. The van der Waals surface area contributed by atoms with Crippen LogP contribution in [0.3, 0.4) is 0 Å². The van der Waals surface area contributed by atoms with Gasteiger partial charge in [-0.15, -0.1) is 0 Å². The first-order valence-corrected chi connectivity index (χ1v) is 9.14. The van der Waals surface area contributed by atoms with E-state index in [1.165, 1.54) is 38.5 Å². The number of rotatable bonds is 12. The third-order valence-corrected chi connectivity index (χ3v) is 3.51. The fourth-order valence-electron chi connectivity index (χ4n) is 2.30. The zero-order valence-corrected chi connectivity index (χ0v) is 15.6. The lowest BCUT2D eigenvalue weighted by Crippen LogP contribution is -2.39. The lowest BCUT2D eigenvalue weighted by Gasteiger charge is -2.22. The number of amides is 1. The van der Waals surface area contributed by atoms with E-state index in [1.54, 1.807) is 0 Å². The number of allylic oxidation sites excluding steroid dienone is 1. The molecule has 0 radical (unpaired) electrons. The molecule has 0 aliphatic carbocycles. The molecule has 4 heteroatoms. The topological polar surface area (TPSA) is 58.6 Å². The summed E-state index contributed by atoms with van der Waals surface area (Å²) in [5.74, 6) is 0. The molecule has 0 saturated carbocycles. The van der Waals surface area contributed by atoms with Crippen LogP contribution in [0.5, 0.6) is 0 Å². The van der Waals surface area contributed by atoms with Crippen molar-refractivity contribution >= 4 is 6.09 Å². The molecule has 136 valence electrons. The van der Waals surface area contributed by atoms with E-state index in [-0.39, 0.29) is 12.6 Å². The van der Waals surface area contributed by atoms with Gasteiger partial charge >= 0.3 is 6.09 Å². The Kier molecular flexibility index (Phi) is 12.8. The Labute approximate surface area is 142 Å². The van der Waals surface area contributed by atoms with E-state index in [2.05, 4.69) is 24.4 Å². The summed E-state index contributed by atoms with van der Waals surface area (Å²) in [7, 11) is 0. The van der Waals surface area contributed by atoms with Crippen LogP contribution >= 0.6 is 0 Å². The van der Waals surface area contributed by atoms with Gasteiger partial charge < -0.3 is 15.2 Å². The van der Waals surface area contributed by atoms with Gasteiger partial charge in [0.1, 0.15) is 5.60 Å². The predicted molar refractivity (Wildman–Crippen MR) is 96.6 cm³/mol. The van der Waals surface area contributed by atoms with Gasteiger partial charge in [-0.3, -0.25) is 0 Å². The fraction of sp³-hybridized carbons (Fsp3) is 0.842. The summed E-state index contributed by atoms with van der Waals surface area (Å²) in [6, 6.07) is -0.0735. The molecule has 0 saturated heterocycles. The largest absolute Gasteiger partial charge is 0.444 e. The Morgan fingerprint density at radius 3 is 2.39 bits per heavy atom. The van der Waals surface area contributed by atoms with Crippen molar-refractivity contribution in [2.45, 2.75) is 97.1 Å². The van der Waals surface area contributed by atoms with Crippen molar-refractivity contribution in [2.75, 3.05) is 6.61 Å². The van der Waals surface area contributed by atoms with Crippen LogP contribution in [0.2, 0.25) is 0 Å².